The summed E-state index contributed by atoms with van der Waals surface area (Å²) in [5.41, 5.74) is 3.46. The zero-order chi connectivity index (χ0) is 23.0. The number of fused-ring (bicyclic) bond motifs is 1. The largest absolute Gasteiger partial charge is 0.484 e. The molecule has 6 nitrogen and oxygen atoms in total. The minimum atomic E-state index is -0.479. The first-order valence-electron chi connectivity index (χ1n) is 10.1. The minimum Gasteiger partial charge on any atom is -0.484 e. The molecular weight excluding hydrogens is 484 g/mol. The second-order valence-electron chi connectivity index (χ2n) is 6.99. The van der Waals surface area contributed by atoms with E-state index in [0.717, 1.165) is 15.2 Å². The van der Waals surface area contributed by atoms with Crippen LogP contribution in [0.2, 0.25) is 0 Å². The second-order valence-corrected chi connectivity index (χ2v) is 7.91. The van der Waals surface area contributed by atoms with Crippen molar-refractivity contribution in [2.45, 2.75) is 0 Å². The standard InChI is InChI=1S/C26H19BrN2O4/c27-20-11-13-21(14-12-20)32-17-25(30)29-28-16-23-22-9-5-4-6-18(22)10-15-24(23)33-26(31)19-7-2-1-3-8-19/h1-16H,17H2,(H,29,30)/b28-16+. The lowest BCUT2D eigenvalue weighted by atomic mass is 10.0. The number of hydrogen-bond donors (Lipinski definition) is 1. The summed E-state index contributed by atoms with van der Waals surface area (Å²) < 4.78 is 12.0. The molecule has 0 spiro atoms. The van der Waals surface area contributed by atoms with Gasteiger partial charge in [-0.1, -0.05) is 64.5 Å². The van der Waals surface area contributed by atoms with Crippen molar-refractivity contribution >= 4 is 44.8 Å². The molecule has 33 heavy (non-hydrogen) atoms. The van der Waals surface area contributed by atoms with E-state index in [0.29, 0.717) is 22.6 Å². The number of benzene rings is 4. The van der Waals surface area contributed by atoms with Gasteiger partial charge in [0.2, 0.25) is 0 Å². The van der Waals surface area contributed by atoms with Gasteiger partial charge in [-0.3, -0.25) is 4.79 Å². The molecule has 0 aliphatic heterocycles. The Hall–Kier alpha value is -3.97. The summed E-state index contributed by atoms with van der Waals surface area (Å²) >= 11 is 3.35. The molecule has 0 aliphatic carbocycles. The molecule has 4 aromatic rings. The van der Waals surface area contributed by atoms with Gasteiger partial charge in [-0.2, -0.15) is 5.10 Å². The first-order valence-corrected chi connectivity index (χ1v) is 10.9. The first kappa shape index (κ1) is 22.2. The lowest BCUT2D eigenvalue weighted by Gasteiger charge is -2.10. The number of halogens is 1. The van der Waals surface area contributed by atoms with E-state index < -0.39 is 11.9 Å². The van der Waals surface area contributed by atoms with Crippen molar-refractivity contribution in [2.75, 3.05) is 6.61 Å². The Labute approximate surface area is 199 Å². The summed E-state index contributed by atoms with van der Waals surface area (Å²) in [7, 11) is 0. The summed E-state index contributed by atoms with van der Waals surface area (Å²) in [6, 6.07) is 27.1. The Morgan fingerprint density at radius 1 is 0.879 bits per heavy atom. The smallest absolute Gasteiger partial charge is 0.343 e. The van der Waals surface area contributed by atoms with Gasteiger partial charge < -0.3 is 9.47 Å². The number of carbonyl (C=O) groups excluding carboxylic acids is 2. The molecule has 1 amide bonds. The third-order valence-electron chi connectivity index (χ3n) is 4.71. The zero-order valence-electron chi connectivity index (χ0n) is 17.4. The van der Waals surface area contributed by atoms with Crippen molar-refractivity contribution in [1.82, 2.24) is 5.43 Å². The molecule has 0 atom stereocenters. The highest BCUT2D eigenvalue weighted by Gasteiger charge is 2.13. The van der Waals surface area contributed by atoms with Crippen LogP contribution in [-0.2, 0) is 4.79 Å². The quantitative estimate of drug-likeness (QED) is 0.160. The Kier molecular flexibility index (Phi) is 7.12. The fraction of sp³-hybridized carbons (Fsp3) is 0.0385. The lowest BCUT2D eigenvalue weighted by molar-refractivity contribution is -0.123. The second kappa shape index (κ2) is 10.6. The molecule has 164 valence electrons. The molecule has 0 radical (unpaired) electrons. The van der Waals surface area contributed by atoms with Gasteiger partial charge in [0.25, 0.3) is 5.91 Å². The molecule has 0 aromatic heterocycles. The lowest BCUT2D eigenvalue weighted by Crippen LogP contribution is -2.24. The first-order chi connectivity index (χ1) is 16.1. The molecule has 0 saturated heterocycles. The van der Waals surface area contributed by atoms with Crippen LogP contribution in [0, 0.1) is 0 Å². The molecule has 0 heterocycles. The van der Waals surface area contributed by atoms with Gasteiger partial charge in [-0.25, -0.2) is 10.2 Å². The molecule has 4 aromatic carbocycles. The predicted octanol–water partition coefficient (Wildman–Crippen LogP) is 5.35. The summed E-state index contributed by atoms with van der Waals surface area (Å²) in [5, 5.41) is 5.84. The number of amides is 1. The van der Waals surface area contributed by atoms with Crippen LogP contribution < -0.4 is 14.9 Å². The van der Waals surface area contributed by atoms with Crippen LogP contribution in [0.1, 0.15) is 15.9 Å². The topological polar surface area (TPSA) is 77.0 Å². The van der Waals surface area contributed by atoms with Crippen LogP contribution in [0.15, 0.2) is 101 Å². The molecule has 0 fully saturated rings. The summed E-state index contributed by atoms with van der Waals surface area (Å²) in [6.45, 7) is -0.190. The van der Waals surface area contributed by atoms with Gasteiger partial charge in [0.05, 0.1) is 11.8 Å². The number of esters is 1. The van der Waals surface area contributed by atoms with Crippen molar-refractivity contribution < 1.29 is 19.1 Å². The SMILES string of the molecule is O=C(COc1ccc(Br)cc1)N/N=C/c1c(OC(=O)c2ccccc2)ccc2ccccc12. The van der Waals surface area contributed by atoms with E-state index >= 15 is 0 Å². The maximum atomic E-state index is 12.6. The number of nitrogens with zero attached hydrogens (tertiary/aromatic N) is 1. The average Bonchev–Trinajstić information content (AvgIpc) is 2.85. The third kappa shape index (κ3) is 5.84. The third-order valence-corrected chi connectivity index (χ3v) is 5.24. The van der Waals surface area contributed by atoms with E-state index in [-0.39, 0.29) is 6.61 Å². The van der Waals surface area contributed by atoms with Crippen molar-refractivity contribution in [3.8, 4) is 11.5 Å². The molecule has 0 aliphatic rings. The van der Waals surface area contributed by atoms with Crippen LogP contribution in [-0.4, -0.2) is 24.7 Å². The van der Waals surface area contributed by atoms with Crippen LogP contribution in [0.3, 0.4) is 0 Å². The predicted molar refractivity (Wildman–Crippen MR) is 131 cm³/mol. The fourth-order valence-corrected chi connectivity index (χ4v) is 3.38. The Balaban J connectivity index is 1.49. The van der Waals surface area contributed by atoms with Gasteiger partial charge in [0.15, 0.2) is 6.61 Å². The van der Waals surface area contributed by atoms with Crippen molar-refractivity contribution in [3.63, 3.8) is 0 Å². The number of carbonyl (C=O) groups is 2. The van der Waals surface area contributed by atoms with Gasteiger partial charge in [-0.05, 0) is 53.2 Å². The van der Waals surface area contributed by atoms with E-state index in [1.165, 1.54) is 6.21 Å². The maximum absolute atomic E-state index is 12.6. The number of rotatable bonds is 7. The highest BCUT2D eigenvalue weighted by atomic mass is 79.9. The number of hydrazone groups is 1. The minimum absolute atomic E-state index is 0.190. The maximum Gasteiger partial charge on any atom is 0.343 e. The molecule has 0 unspecified atom stereocenters. The van der Waals surface area contributed by atoms with Crippen molar-refractivity contribution in [3.05, 3.63) is 107 Å². The average molecular weight is 503 g/mol. The molecule has 0 bridgehead atoms. The van der Waals surface area contributed by atoms with E-state index in [1.54, 1.807) is 42.5 Å². The summed E-state index contributed by atoms with van der Waals surface area (Å²) in [4.78, 5) is 24.7. The number of nitrogens with one attached hydrogen (secondary N) is 1. The molecule has 0 saturated carbocycles. The Morgan fingerprint density at radius 3 is 2.39 bits per heavy atom. The summed E-state index contributed by atoms with van der Waals surface area (Å²) in [6.07, 6.45) is 1.47. The Morgan fingerprint density at radius 2 is 1.61 bits per heavy atom. The zero-order valence-corrected chi connectivity index (χ0v) is 19.0. The normalized spacial score (nSPS) is 10.8. The van der Waals surface area contributed by atoms with Crippen molar-refractivity contribution in [2.24, 2.45) is 5.10 Å². The summed E-state index contributed by atoms with van der Waals surface area (Å²) in [5.74, 6) is 0.0119. The number of ether oxygens (including phenoxy) is 2. The highest BCUT2D eigenvalue weighted by Crippen LogP contribution is 2.27. The van der Waals surface area contributed by atoms with Crippen LogP contribution in [0.4, 0.5) is 0 Å². The van der Waals surface area contributed by atoms with Crippen molar-refractivity contribution in [1.29, 1.82) is 0 Å². The van der Waals surface area contributed by atoms with Crippen LogP contribution >= 0.6 is 15.9 Å². The van der Waals surface area contributed by atoms with E-state index in [2.05, 4.69) is 26.5 Å². The van der Waals surface area contributed by atoms with Gasteiger partial charge in [0.1, 0.15) is 11.5 Å². The van der Waals surface area contributed by atoms with Crippen LogP contribution in [0.5, 0.6) is 11.5 Å². The number of hydrogen-bond acceptors (Lipinski definition) is 5. The monoisotopic (exact) mass is 502 g/mol. The highest BCUT2D eigenvalue weighted by molar-refractivity contribution is 9.10. The van der Waals surface area contributed by atoms with E-state index in [9.17, 15) is 9.59 Å². The van der Waals surface area contributed by atoms with Gasteiger partial charge in [-0.15, -0.1) is 0 Å². The molecule has 1 N–H and O–H groups in total. The fourth-order valence-electron chi connectivity index (χ4n) is 3.11. The Bertz CT molecular complexity index is 1310. The van der Waals surface area contributed by atoms with Gasteiger partial charge >= 0.3 is 5.97 Å². The molecule has 7 heteroatoms. The molecule has 4 rings (SSSR count). The molecular formula is C26H19BrN2O4. The van der Waals surface area contributed by atoms with Gasteiger partial charge in [0, 0.05) is 10.0 Å². The van der Waals surface area contributed by atoms with Crippen LogP contribution in [0.25, 0.3) is 10.8 Å². The van der Waals surface area contributed by atoms with E-state index in [4.69, 9.17) is 9.47 Å². The van der Waals surface area contributed by atoms with E-state index in [1.807, 2.05) is 48.5 Å².